The van der Waals surface area contributed by atoms with Gasteiger partial charge in [0.1, 0.15) is 5.82 Å². The summed E-state index contributed by atoms with van der Waals surface area (Å²) in [5, 5.41) is 5.50. The zero-order chi connectivity index (χ0) is 17.6. The Morgan fingerprint density at radius 2 is 1.88 bits per heavy atom. The van der Waals surface area contributed by atoms with Crippen molar-refractivity contribution in [3.05, 3.63) is 45.6 Å². The number of halogens is 2. The Labute approximate surface area is 149 Å². The number of benzene rings is 1. The van der Waals surface area contributed by atoms with E-state index in [-0.39, 0.29) is 11.7 Å². The zero-order valence-electron chi connectivity index (χ0n) is 13.6. The van der Waals surface area contributed by atoms with Crippen LogP contribution < -0.4 is 0 Å². The van der Waals surface area contributed by atoms with Crippen LogP contribution in [-0.2, 0) is 0 Å². The Morgan fingerprint density at radius 3 is 2.50 bits per heavy atom. The molecular weight excluding hydrogens is 349 g/mol. The lowest BCUT2D eigenvalue weighted by Crippen LogP contribution is -2.26. The molecule has 0 saturated carbocycles. The first-order valence-electron chi connectivity index (χ1n) is 7.20. The van der Waals surface area contributed by atoms with Crippen LogP contribution in [0.1, 0.15) is 22.1 Å². The summed E-state index contributed by atoms with van der Waals surface area (Å²) in [5.41, 5.74) is 2.76. The normalized spacial score (nSPS) is 11.1. The average Bonchev–Trinajstić information content (AvgIpc) is 2.82. The minimum atomic E-state index is -0.248. The third-order valence-corrected chi connectivity index (χ3v) is 4.12. The molecule has 2 aromatic heterocycles. The first kappa shape index (κ1) is 16.7. The van der Waals surface area contributed by atoms with Gasteiger partial charge in [0.05, 0.1) is 16.3 Å². The maximum atomic E-state index is 12.4. The molecule has 0 aliphatic rings. The molecule has 6 nitrogen and oxygen atoms in total. The lowest BCUT2D eigenvalue weighted by Gasteiger charge is -2.11. The van der Waals surface area contributed by atoms with Crippen LogP contribution in [0.15, 0.2) is 18.2 Å². The lowest BCUT2D eigenvalue weighted by atomic mass is 10.1. The summed E-state index contributed by atoms with van der Waals surface area (Å²) in [7, 11) is 3.33. The van der Waals surface area contributed by atoms with Gasteiger partial charge in [0.15, 0.2) is 5.65 Å². The van der Waals surface area contributed by atoms with Crippen LogP contribution in [-0.4, -0.2) is 44.5 Å². The van der Waals surface area contributed by atoms with Gasteiger partial charge < -0.3 is 4.90 Å². The van der Waals surface area contributed by atoms with E-state index in [0.29, 0.717) is 27.2 Å². The van der Waals surface area contributed by atoms with Crippen molar-refractivity contribution in [2.45, 2.75) is 13.8 Å². The molecule has 0 unspecified atom stereocenters. The van der Waals surface area contributed by atoms with Crippen molar-refractivity contribution in [2.24, 2.45) is 0 Å². The molecule has 0 atom stereocenters. The van der Waals surface area contributed by atoms with E-state index in [1.54, 1.807) is 33.2 Å². The molecule has 1 aromatic carbocycles. The van der Waals surface area contributed by atoms with Gasteiger partial charge in [-0.25, -0.2) is 9.97 Å². The first-order chi connectivity index (χ1) is 11.3. The molecule has 0 aliphatic heterocycles. The minimum absolute atomic E-state index is 0.210. The fourth-order valence-electron chi connectivity index (χ4n) is 2.49. The topological polar surface area (TPSA) is 63.4 Å². The van der Waals surface area contributed by atoms with Crippen LogP contribution in [0.2, 0.25) is 10.0 Å². The molecule has 0 saturated heterocycles. The SMILES string of the molecule is Cc1nc(C(=O)N(C)C)n2nc(C)c(-c3ccc(Cl)cc3Cl)c2n1. The summed E-state index contributed by atoms with van der Waals surface area (Å²) in [6, 6.07) is 5.24. The molecular formula is C16H15Cl2N5O. The van der Waals surface area contributed by atoms with E-state index in [1.807, 2.05) is 13.0 Å². The highest BCUT2D eigenvalue weighted by Crippen LogP contribution is 2.34. The second-order valence-electron chi connectivity index (χ2n) is 5.61. The summed E-state index contributed by atoms with van der Waals surface area (Å²) in [5.74, 6) is 0.447. The van der Waals surface area contributed by atoms with Crippen molar-refractivity contribution in [3.8, 4) is 11.1 Å². The van der Waals surface area contributed by atoms with E-state index in [4.69, 9.17) is 23.2 Å². The molecule has 0 spiro atoms. The Hall–Kier alpha value is -2.18. The second-order valence-corrected chi connectivity index (χ2v) is 6.46. The predicted molar refractivity (Wildman–Crippen MR) is 93.7 cm³/mol. The number of carbonyl (C=O) groups is 1. The maximum Gasteiger partial charge on any atom is 0.291 e. The van der Waals surface area contributed by atoms with E-state index in [9.17, 15) is 4.79 Å². The highest BCUT2D eigenvalue weighted by atomic mass is 35.5. The summed E-state index contributed by atoms with van der Waals surface area (Å²) < 4.78 is 1.46. The Kier molecular flexibility index (Phi) is 4.19. The number of nitrogens with zero attached hydrogens (tertiary/aromatic N) is 5. The number of aromatic nitrogens is 4. The highest BCUT2D eigenvalue weighted by Gasteiger charge is 2.22. The van der Waals surface area contributed by atoms with E-state index >= 15 is 0 Å². The van der Waals surface area contributed by atoms with Gasteiger partial charge >= 0.3 is 0 Å². The van der Waals surface area contributed by atoms with Gasteiger partial charge in [-0.3, -0.25) is 4.79 Å². The molecule has 0 N–H and O–H groups in total. The number of rotatable bonds is 2. The van der Waals surface area contributed by atoms with Gasteiger partial charge in [0, 0.05) is 24.7 Å². The molecule has 8 heteroatoms. The number of hydrogen-bond acceptors (Lipinski definition) is 4. The molecule has 3 aromatic rings. The third kappa shape index (κ3) is 2.72. The van der Waals surface area contributed by atoms with Crippen molar-refractivity contribution in [1.29, 1.82) is 0 Å². The standard InChI is InChI=1S/C16H15Cl2N5O/c1-8-13(11-6-5-10(17)7-12(11)18)14-19-9(2)20-15(23(14)21-8)16(24)22(3)4/h5-7H,1-4H3. The quantitative estimate of drug-likeness (QED) is 0.699. The van der Waals surface area contributed by atoms with Gasteiger partial charge in [-0.05, 0) is 26.0 Å². The minimum Gasteiger partial charge on any atom is -0.342 e. The van der Waals surface area contributed by atoms with Crippen LogP contribution >= 0.6 is 23.2 Å². The monoisotopic (exact) mass is 363 g/mol. The smallest absolute Gasteiger partial charge is 0.291 e. The summed E-state index contributed by atoms with van der Waals surface area (Å²) >= 11 is 12.3. The highest BCUT2D eigenvalue weighted by molar-refractivity contribution is 6.36. The van der Waals surface area contributed by atoms with Crippen LogP contribution in [0.25, 0.3) is 16.8 Å². The number of carbonyl (C=O) groups excluding carboxylic acids is 1. The largest absolute Gasteiger partial charge is 0.342 e. The lowest BCUT2D eigenvalue weighted by molar-refractivity contribution is 0.0812. The number of aryl methyl sites for hydroxylation is 2. The second kappa shape index (κ2) is 6.03. The molecule has 24 heavy (non-hydrogen) atoms. The molecule has 3 rings (SSSR count). The van der Waals surface area contributed by atoms with E-state index in [1.165, 1.54) is 9.42 Å². The van der Waals surface area contributed by atoms with E-state index in [0.717, 1.165) is 11.1 Å². The van der Waals surface area contributed by atoms with Gasteiger partial charge in [-0.2, -0.15) is 9.61 Å². The first-order valence-corrected chi connectivity index (χ1v) is 7.96. The van der Waals surface area contributed by atoms with Crippen molar-refractivity contribution in [1.82, 2.24) is 24.5 Å². The average molecular weight is 364 g/mol. The molecule has 0 bridgehead atoms. The fraction of sp³-hybridized carbons (Fsp3) is 0.250. The van der Waals surface area contributed by atoms with Gasteiger partial charge in [0.2, 0.25) is 5.82 Å². The van der Waals surface area contributed by atoms with Crippen molar-refractivity contribution in [3.63, 3.8) is 0 Å². The van der Waals surface area contributed by atoms with Crippen molar-refractivity contribution in [2.75, 3.05) is 14.1 Å². The maximum absolute atomic E-state index is 12.4. The molecule has 1 amide bonds. The Balaban J connectivity index is 2.35. The third-order valence-electron chi connectivity index (χ3n) is 3.57. The molecule has 2 heterocycles. The molecule has 124 valence electrons. The Bertz CT molecular complexity index is 965. The van der Waals surface area contributed by atoms with Gasteiger partial charge in [0.25, 0.3) is 5.91 Å². The summed E-state index contributed by atoms with van der Waals surface area (Å²) in [6.07, 6.45) is 0. The summed E-state index contributed by atoms with van der Waals surface area (Å²) in [6.45, 7) is 3.58. The zero-order valence-corrected chi connectivity index (χ0v) is 15.1. The number of fused-ring (bicyclic) bond motifs is 1. The number of hydrogen-bond donors (Lipinski definition) is 0. The summed E-state index contributed by atoms with van der Waals surface area (Å²) in [4.78, 5) is 22.6. The van der Waals surface area contributed by atoms with Crippen LogP contribution in [0.5, 0.6) is 0 Å². The molecule has 0 aliphatic carbocycles. The van der Waals surface area contributed by atoms with E-state index < -0.39 is 0 Å². The van der Waals surface area contributed by atoms with Crippen molar-refractivity contribution >= 4 is 34.8 Å². The molecule has 0 radical (unpaired) electrons. The van der Waals surface area contributed by atoms with Gasteiger partial charge in [-0.1, -0.05) is 29.3 Å². The van der Waals surface area contributed by atoms with Crippen LogP contribution in [0.3, 0.4) is 0 Å². The predicted octanol–water partition coefficient (Wildman–Crippen LogP) is 3.42. The fourth-order valence-corrected chi connectivity index (χ4v) is 2.99. The van der Waals surface area contributed by atoms with Crippen LogP contribution in [0.4, 0.5) is 0 Å². The van der Waals surface area contributed by atoms with E-state index in [2.05, 4.69) is 15.1 Å². The number of amides is 1. The van der Waals surface area contributed by atoms with Gasteiger partial charge in [-0.15, -0.1) is 0 Å². The Morgan fingerprint density at radius 1 is 1.17 bits per heavy atom. The molecule has 0 fully saturated rings. The van der Waals surface area contributed by atoms with Crippen molar-refractivity contribution < 1.29 is 4.79 Å². The van der Waals surface area contributed by atoms with Crippen LogP contribution in [0, 0.1) is 13.8 Å².